The van der Waals surface area contributed by atoms with Gasteiger partial charge in [-0.05, 0) is 24.1 Å². The van der Waals surface area contributed by atoms with Crippen LogP contribution in [0.15, 0.2) is 78.9 Å². The van der Waals surface area contributed by atoms with Gasteiger partial charge in [-0.25, -0.2) is 4.68 Å². The first-order chi connectivity index (χ1) is 20.4. The topological polar surface area (TPSA) is 121 Å². The molecule has 0 radical (unpaired) electrons. The molecule has 11 heteroatoms. The fraction of sp³-hybridized carbons (Fsp3) is 0.387. The van der Waals surface area contributed by atoms with Gasteiger partial charge in [0.15, 0.2) is 0 Å². The van der Waals surface area contributed by atoms with Gasteiger partial charge in [-0.15, -0.1) is 5.10 Å². The van der Waals surface area contributed by atoms with Gasteiger partial charge in [-0.1, -0.05) is 72.0 Å². The van der Waals surface area contributed by atoms with Crippen molar-refractivity contribution in [3.05, 3.63) is 84.5 Å². The van der Waals surface area contributed by atoms with Crippen molar-refractivity contribution in [2.45, 2.75) is 36.9 Å². The summed E-state index contributed by atoms with van der Waals surface area (Å²) in [6, 6.07) is 15.3. The monoisotopic (exact) mass is 568 g/mol. The minimum absolute atomic E-state index is 0.111. The van der Waals surface area contributed by atoms with Gasteiger partial charge in [-0.2, -0.15) is 0 Å². The first-order valence-corrected chi connectivity index (χ1v) is 14.2. The zero-order chi connectivity index (χ0) is 29.0. The van der Waals surface area contributed by atoms with E-state index in [1.807, 2.05) is 78.9 Å². The molecule has 11 nitrogen and oxygen atoms in total. The van der Waals surface area contributed by atoms with Crippen LogP contribution >= 0.6 is 0 Å². The van der Waals surface area contributed by atoms with E-state index < -0.39 is 35.6 Å². The third kappa shape index (κ3) is 3.98. The van der Waals surface area contributed by atoms with E-state index in [2.05, 4.69) is 10.3 Å². The molecule has 42 heavy (non-hydrogen) atoms. The largest absolute Gasteiger partial charge is 0.394 e. The summed E-state index contributed by atoms with van der Waals surface area (Å²) in [5.74, 6) is -2.58. The Balaban J connectivity index is 1.32. The van der Waals surface area contributed by atoms with Crippen molar-refractivity contribution >= 4 is 28.8 Å². The summed E-state index contributed by atoms with van der Waals surface area (Å²) >= 11 is 0. The number of aromatic nitrogens is 3. The molecule has 1 N–H and O–H groups in total. The Morgan fingerprint density at radius 3 is 2.60 bits per heavy atom. The quantitative estimate of drug-likeness (QED) is 0.441. The molecule has 5 heterocycles. The summed E-state index contributed by atoms with van der Waals surface area (Å²) in [6.45, 7) is 0.426. The second kappa shape index (κ2) is 10.2. The molecule has 0 aliphatic carbocycles. The Hall–Kier alpha value is -4.35. The summed E-state index contributed by atoms with van der Waals surface area (Å²) < 4.78 is 8.34. The summed E-state index contributed by atoms with van der Waals surface area (Å²) in [5, 5.41) is 19.1. The third-order valence-electron chi connectivity index (χ3n) is 9.02. The maximum Gasteiger partial charge on any atom is 0.250 e. The number of carbonyl (C=O) groups excluding carboxylic acids is 3. The standard InChI is InChI=1S/C31H32N6O5/c1-34-15-7-13-24-25(28(34)39)26-29(40)37(21(18-38)17-20-9-3-2-4-10-20)27-30(41)35(16-8-14-31(26,27)42-24)19-36-23-12-6-5-11-22(23)32-33-36/h2-14,21,24-27,38H,15-19H2,1H3/t21-,24+,25-,26+,27?,31+/m1/s1. The average Bonchev–Trinajstić information content (AvgIpc) is 3.57. The zero-order valence-corrected chi connectivity index (χ0v) is 23.2. The fourth-order valence-electron chi connectivity index (χ4n) is 7.09. The van der Waals surface area contributed by atoms with E-state index in [-0.39, 0.29) is 37.5 Å². The number of hydrogen-bond donors (Lipinski definition) is 1. The van der Waals surface area contributed by atoms with Crippen LogP contribution in [0.4, 0.5) is 0 Å². The Morgan fingerprint density at radius 2 is 1.79 bits per heavy atom. The molecule has 1 spiro atoms. The Bertz CT molecular complexity index is 1600. The van der Waals surface area contributed by atoms with E-state index in [4.69, 9.17) is 4.74 Å². The molecule has 4 aliphatic heterocycles. The van der Waals surface area contributed by atoms with Crippen molar-refractivity contribution in [1.29, 1.82) is 0 Å². The van der Waals surface area contributed by atoms with Crippen molar-refractivity contribution in [3.8, 4) is 0 Å². The number of hydrogen-bond acceptors (Lipinski definition) is 7. The summed E-state index contributed by atoms with van der Waals surface area (Å²) in [7, 11) is 1.71. The van der Waals surface area contributed by atoms with Gasteiger partial charge in [0.05, 0.1) is 36.1 Å². The van der Waals surface area contributed by atoms with Gasteiger partial charge in [0.25, 0.3) is 5.91 Å². The number of nitrogens with zero attached hydrogens (tertiary/aromatic N) is 6. The van der Waals surface area contributed by atoms with Crippen LogP contribution in [-0.4, -0.2) is 103 Å². The second-order valence-electron chi connectivity index (χ2n) is 11.4. The number of amides is 3. The number of ether oxygens (including phenoxy) is 1. The summed E-state index contributed by atoms with van der Waals surface area (Å²) in [6.07, 6.45) is 7.05. The number of aliphatic hydroxyl groups excluding tert-OH is 1. The van der Waals surface area contributed by atoms with E-state index in [0.29, 0.717) is 18.5 Å². The minimum atomic E-state index is -1.37. The summed E-state index contributed by atoms with van der Waals surface area (Å²) in [5.41, 5.74) is 1.04. The van der Waals surface area contributed by atoms with Crippen LogP contribution in [0.25, 0.3) is 11.0 Å². The molecule has 7 rings (SSSR count). The smallest absolute Gasteiger partial charge is 0.250 e. The van der Waals surface area contributed by atoms with Crippen molar-refractivity contribution in [1.82, 2.24) is 29.7 Å². The van der Waals surface area contributed by atoms with Gasteiger partial charge in [-0.3, -0.25) is 14.4 Å². The highest BCUT2D eigenvalue weighted by Crippen LogP contribution is 2.54. The van der Waals surface area contributed by atoms with Crippen molar-refractivity contribution in [2.24, 2.45) is 11.8 Å². The van der Waals surface area contributed by atoms with Crippen molar-refractivity contribution < 1.29 is 24.2 Å². The van der Waals surface area contributed by atoms with E-state index in [0.717, 1.165) is 11.1 Å². The lowest BCUT2D eigenvalue weighted by atomic mass is 9.77. The number of para-hydroxylation sites is 1. The Kier molecular flexibility index (Phi) is 6.43. The fourth-order valence-corrected chi connectivity index (χ4v) is 7.09. The van der Waals surface area contributed by atoms with Gasteiger partial charge in [0.1, 0.15) is 23.8 Å². The molecule has 4 aliphatic rings. The number of carbonyl (C=O) groups is 3. The lowest BCUT2D eigenvalue weighted by Crippen LogP contribution is -2.58. The van der Waals surface area contributed by atoms with E-state index in [1.54, 1.807) is 21.5 Å². The number of fused-ring (bicyclic) bond motifs is 3. The SMILES string of the molecule is CN1CC=C[C@@H]2O[C@]34C=CCN(Cn5nnc6ccccc65)C(=O)C3N([C@@H](CO)Cc3ccccc3)C(=O)[C@@H]4[C@@H]2C1=O. The Morgan fingerprint density at radius 1 is 1.00 bits per heavy atom. The van der Waals surface area contributed by atoms with Gasteiger partial charge in [0.2, 0.25) is 11.8 Å². The van der Waals surface area contributed by atoms with Gasteiger partial charge in [0, 0.05) is 20.1 Å². The van der Waals surface area contributed by atoms with Gasteiger partial charge >= 0.3 is 0 Å². The molecular formula is C31H32N6O5. The van der Waals surface area contributed by atoms with E-state index in [9.17, 15) is 19.5 Å². The lowest BCUT2D eigenvalue weighted by molar-refractivity contribution is -0.152. The molecule has 3 amide bonds. The van der Waals surface area contributed by atoms with E-state index in [1.165, 1.54) is 4.90 Å². The van der Waals surface area contributed by atoms with Crippen LogP contribution in [0, 0.1) is 11.8 Å². The maximum atomic E-state index is 14.6. The zero-order valence-electron chi connectivity index (χ0n) is 23.2. The molecule has 1 aromatic heterocycles. The molecule has 6 atom stereocenters. The predicted molar refractivity (Wildman–Crippen MR) is 151 cm³/mol. The van der Waals surface area contributed by atoms with Crippen LogP contribution in [0.3, 0.4) is 0 Å². The van der Waals surface area contributed by atoms with Crippen molar-refractivity contribution in [2.75, 3.05) is 26.7 Å². The molecule has 2 fully saturated rings. The molecule has 0 bridgehead atoms. The number of likely N-dealkylation sites (tertiary alicyclic amines) is 1. The number of aliphatic hydroxyl groups is 1. The maximum absolute atomic E-state index is 14.6. The highest BCUT2D eigenvalue weighted by Gasteiger charge is 2.72. The molecule has 1 unspecified atom stereocenters. The summed E-state index contributed by atoms with van der Waals surface area (Å²) in [4.78, 5) is 47.5. The van der Waals surface area contributed by atoms with Crippen LogP contribution in [0.1, 0.15) is 5.56 Å². The first-order valence-electron chi connectivity index (χ1n) is 14.2. The molecule has 0 saturated carbocycles. The molecule has 2 saturated heterocycles. The highest BCUT2D eigenvalue weighted by atomic mass is 16.5. The highest BCUT2D eigenvalue weighted by molar-refractivity contribution is 6.00. The first kappa shape index (κ1) is 26.5. The molecular weight excluding hydrogens is 536 g/mol. The molecule has 2 aromatic carbocycles. The average molecular weight is 569 g/mol. The van der Waals surface area contributed by atoms with Crippen molar-refractivity contribution in [3.63, 3.8) is 0 Å². The molecule has 216 valence electrons. The predicted octanol–water partition coefficient (Wildman–Crippen LogP) is 1.000. The number of likely N-dealkylation sites (N-methyl/N-ethyl adjacent to an activating group) is 1. The molecule has 3 aromatic rings. The number of rotatable bonds is 6. The Labute approximate surface area is 242 Å². The van der Waals surface area contributed by atoms with Gasteiger partial charge < -0.3 is 24.5 Å². The van der Waals surface area contributed by atoms with Crippen LogP contribution in [0.2, 0.25) is 0 Å². The van der Waals surface area contributed by atoms with Crippen LogP contribution in [0.5, 0.6) is 0 Å². The van der Waals surface area contributed by atoms with Crippen LogP contribution in [-0.2, 0) is 32.2 Å². The third-order valence-corrected chi connectivity index (χ3v) is 9.02. The normalized spacial score (nSPS) is 29.5. The lowest BCUT2D eigenvalue weighted by Gasteiger charge is -2.38. The van der Waals surface area contributed by atoms with E-state index >= 15 is 0 Å². The van der Waals surface area contributed by atoms with Crippen LogP contribution < -0.4 is 0 Å². The second-order valence-corrected chi connectivity index (χ2v) is 11.4. The minimum Gasteiger partial charge on any atom is -0.394 e. The number of benzene rings is 2.